The van der Waals surface area contributed by atoms with E-state index in [-0.39, 0.29) is 11.6 Å². The van der Waals surface area contributed by atoms with E-state index < -0.39 is 0 Å². The first kappa shape index (κ1) is 19.5. The van der Waals surface area contributed by atoms with E-state index in [0.717, 1.165) is 36.6 Å². The molecule has 31 heavy (non-hydrogen) atoms. The molecule has 9 nitrogen and oxygen atoms in total. The van der Waals surface area contributed by atoms with Crippen LogP contribution in [0.3, 0.4) is 0 Å². The van der Waals surface area contributed by atoms with Crippen molar-refractivity contribution in [2.45, 2.75) is 18.9 Å². The van der Waals surface area contributed by atoms with Gasteiger partial charge < -0.3 is 9.42 Å². The highest BCUT2D eigenvalue weighted by Crippen LogP contribution is 2.37. The maximum Gasteiger partial charge on any atom is 0.266 e. The fraction of sp³-hybridized carbons (Fsp3) is 0.286. The lowest BCUT2D eigenvalue weighted by Crippen LogP contribution is -2.26. The van der Waals surface area contributed by atoms with Crippen LogP contribution in [0.1, 0.15) is 24.6 Å². The number of hydrogen-bond donors (Lipinski definition) is 0. The lowest BCUT2D eigenvalue weighted by Gasteiger charge is -2.23. The number of halogens is 1. The van der Waals surface area contributed by atoms with Crippen molar-refractivity contribution < 1.29 is 4.52 Å². The number of aryl methyl sites for hydroxylation is 1. The molecule has 1 aliphatic rings. The van der Waals surface area contributed by atoms with Crippen LogP contribution in [0.2, 0.25) is 5.02 Å². The minimum atomic E-state index is -0.174. The van der Waals surface area contributed by atoms with E-state index in [9.17, 15) is 4.79 Å². The molecule has 1 aromatic carbocycles. The Morgan fingerprint density at radius 3 is 2.81 bits per heavy atom. The molecule has 1 atom stereocenters. The van der Waals surface area contributed by atoms with Crippen LogP contribution >= 0.6 is 11.6 Å². The van der Waals surface area contributed by atoms with Gasteiger partial charge >= 0.3 is 0 Å². The predicted molar refractivity (Wildman–Crippen MR) is 116 cm³/mol. The van der Waals surface area contributed by atoms with Gasteiger partial charge in [0.15, 0.2) is 11.6 Å². The Morgan fingerprint density at radius 1 is 1.13 bits per heavy atom. The molecule has 0 amide bonds. The van der Waals surface area contributed by atoms with Crippen LogP contribution in [0.5, 0.6) is 0 Å². The number of aromatic nitrogens is 6. The summed E-state index contributed by atoms with van der Waals surface area (Å²) in [4.78, 5) is 13.8. The summed E-state index contributed by atoms with van der Waals surface area (Å²) in [6, 6.07) is 12.6. The molecule has 0 saturated carbocycles. The van der Waals surface area contributed by atoms with Crippen LogP contribution < -0.4 is 10.5 Å². The molecule has 4 aromatic rings. The molecule has 0 spiro atoms. The molecule has 3 aromatic heterocycles. The van der Waals surface area contributed by atoms with Gasteiger partial charge in [0.2, 0.25) is 5.95 Å². The summed E-state index contributed by atoms with van der Waals surface area (Å²) in [6.45, 7) is 0.830. The molecule has 5 rings (SSSR count). The van der Waals surface area contributed by atoms with Crippen molar-refractivity contribution in [1.82, 2.24) is 29.7 Å². The Balaban J connectivity index is 1.46. The molecule has 10 heteroatoms. The van der Waals surface area contributed by atoms with E-state index in [2.05, 4.69) is 25.4 Å². The van der Waals surface area contributed by atoms with Crippen molar-refractivity contribution in [2.24, 2.45) is 14.1 Å². The second-order valence-corrected chi connectivity index (χ2v) is 7.98. The molecule has 4 heterocycles. The van der Waals surface area contributed by atoms with Crippen molar-refractivity contribution in [3.8, 4) is 22.8 Å². The Labute approximate surface area is 182 Å². The molecule has 0 unspecified atom stereocenters. The third-order valence-electron chi connectivity index (χ3n) is 5.53. The van der Waals surface area contributed by atoms with Gasteiger partial charge in [-0.2, -0.15) is 5.10 Å². The maximum atomic E-state index is 11.7. The van der Waals surface area contributed by atoms with Crippen LogP contribution in [-0.4, -0.2) is 36.2 Å². The van der Waals surface area contributed by atoms with E-state index in [0.29, 0.717) is 22.3 Å². The van der Waals surface area contributed by atoms with Crippen LogP contribution in [-0.2, 0) is 14.1 Å². The molecule has 0 radical (unpaired) electrons. The Hall–Kier alpha value is -3.46. The summed E-state index contributed by atoms with van der Waals surface area (Å²) >= 11 is 6.11. The third-order valence-corrected chi connectivity index (χ3v) is 5.77. The van der Waals surface area contributed by atoms with Gasteiger partial charge in [-0.05, 0) is 31.0 Å². The molecule has 1 fully saturated rings. The molecule has 0 aliphatic carbocycles. The van der Waals surface area contributed by atoms with Gasteiger partial charge in [0.05, 0.1) is 6.04 Å². The monoisotopic (exact) mass is 437 g/mol. The minimum Gasteiger partial charge on any atom is -0.356 e. The van der Waals surface area contributed by atoms with Gasteiger partial charge in [-0.3, -0.25) is 9.36 Å². The quantitative estimate of drug-likeness (QED) is 0.483. The molecule has 1 saturated heterocycles. The highest BCUT2D eigenvalue weighted by atomic mass is 35.5. The van der Waals surface area contributed by atoms with E-state index >= 15 is 0 Å². The molecule has 158 valence electrons. The Morgan fingerprint density at radius 2 is 2.00 bits per heavy atom. The SMILES string of the molecule is Cn1c(-c2ccc(=O)n(C)n2)nnc1N1CCC[C@@H]1c1cc(-c2cccc(Cl)c2)on1. The number of rotatable bonds is 4. The summed E-state index contributed by atoms with van der Waals surface area (Å²) in [7, 11) is 3.51. The number of benzene rings is 1. The second kappa shape index (κ2) is 7.66. The summed E-state index contributed by atoms with van der Waals surface area (Å²) in [5.41, 5.74) is 2.14. The zero-order valence-corrected chi connectivity index (χ0v) is 17.8. The van der Waals surface area contributed by atoms with Gasteiger partial charge in [-0.1, -0.05) is 28.9 Å². The molecule has 1 aliphatic heterocycles. The van der Waals surface area contributed by atoms with E-state index in [1.54, 1.807) is 13.1 Å². The summed E-state index contributed by atoms with van der Waals surface area (Å²) in [5.74, 6) is 1.99. The van der Waals surface area contributed by atoms with Crippen molar-refractivity contribution in [3.63, 3.8) is 0 Å². The molecule has 0 bridgehead atoms. The first-order chi connectivity index (χ1) is 15.0. The second-order valence-electron chi connectivity index (χ2n) is 7.54. The fourth-order valence-corrected chi connectivity index (χ4v) is 4.14. The predicted octanol–water partition coefficient (Wildman–Crippen LogP) is 3.23. The fourth-order valence-electron chi connectivity index (χ4n) is 3.95. The summed E-state index contributed by atoms with van der Waals surface area (Å²) < 4.78 is 8.79. The van der Waals surface area contributed by atoms with Crippen molar-refractivity contribution in [3.05, 3.63) is 63.5 Å². The minimum absolute atomic E-state index is 0.0283. The van der Waals surface area contributed by atoms with Gasteiger partial charge in [0.1, 0.15) is 11.4 Å². The van der Waals surface area contributed by atoms with Crippen molar-refractivity contribution in [2.75, 3.05) is 11.4 Å². The highest BCUT2D eigenvalue weighted by Gasteiger charge is 2.32. The van der Waals surface area contributed by atoms with Gasteiger partial charge in [-0.15, -0.1) is 10.2 Å². The topological polar surface area (TPSA) is 94.9 Å². The number of anilines is 1. The smallest absolute Gasteiger partial charge is 0.266 e. The van der Waals surface area contributed by atoms with Gasteiger partial charge in [0, 0.05) is 43.4 Å². The largest absolute Gasteiger partial charge is 0.356 e. The van der Waals surface area contributed by atoms with Crippen LogP contribution in [0.25, 0.3) is 22.8 Å². The zero-order valence-electron chi connectivity index (χ0n) is 17.1. The number of hydrogen-bond acceptors (Lipinski definition) is 7. The lowest BCUT2D eigenvalue weighted by molar-refractivity contribution is 0.416. The number of nitrogens with zero attached hydrogens (tertiary/aromatic N) is 7. The van der Waals surface area contributed by atoms with Crippen molar-refractivity contribution >= 4 is 17.5 Å². The van der Waals surface area contributed by atoms with Gasteiger partial charge in [0.25, 0.3) is 5.56 Å². The zero-order chi connectivity index (χ0) is 21.5. The average Bonchev–Trinajstić information content (AvgIpc) is 3.49. The molecular formula is C21H20ClN7O2. The van der Waals surface area contributed by atoms with Crippen LogP contribution in [0.4, 0.5) is 5.95 Å². The summed E-state index contributed by atoms with van der Waals surface area (Å²) in [5, 5.41) is 18.0. The maximum absolute atomic E-state index is 11.7. The van der Waals surface area contributed by atoms with Crippen molar-refractivity contribution in [1.29, 1.82) is 0 Å². The van der Waals surface area contributed by atoms with Crippen LogP contribution in [0.15, 0.2) is 51.8 Å². The first-order valence-corrected chi connectivity index (χ1v) is 10.3. The van der Waals surface area contributed by atoms with E-state index in [1.807, 2.05) is 41.9 Å². The Kier molecular flexibility index (Phi) is 4.82. The Bertz CT molecular complexity index is 1310. The van der Waals surface area contributed by atoms with E-state index in [4.69, 9.17) is 16.1 Å². The normalized spacial score (nSPS) is 16.2. The lowest BCUT2D eigenvalue weighted by atomic mass is 10.1. The molecule has 0 N–H and O–H groups in total. The van der Waals surface area contributed by atoms with Gasteiger partial charge in [-0.25, -0.2) is 4.68 Å². The average molecular weight is 438 g/mol. The molecular weight excluding hydrogens is 418 g/mol. The van der Waals surface area contributed by atoms with E-state index in [1.165, 1.54) is 10.7 Å². The first-order valence-electron chi connectivity index (χ1n) is 9.94. The standard InChI is InChI=1S/C21H20ClN7O2/c1-27-20(15-8-9-19(30)28(2)25-15)23-24-21(27)29-10-4-7-17(29)16-12-18(31-26-16)13-5-3-6-14(22)11-13/h3,5-6,8-9,11-12,17H,4,7,10H2,1-2H3/t17-/m1/s1. The summed E-state index contributed by atoms with van der Waals surface area (Å²) in [6.07, 6.45) is 1.94. The van der Waals surface area contributed by atoms with Crippen LogP contribution in [0, 0.1) is 0 Å². The third kappa shape index (κ3) is 3.50. The highest BCUT2D eigenvalue weighted by molar-refractivity contribution is 6.30.